The van der Waals surface area contributed by atoms with Crippen molar-refractivity contribution in [1.29, 1.82) is 0 Å². The van der Waals surface area contributed by atoms with E-state index in [0.717, 1.165) is 22.1 Å². The van der Waals surface area contributed by atoms with Crippen molar-refractivity contribution in [3.05, 3.63) is 28.8 Å². The van der Waals surface area contributed by atoms with Gasteiger partial charge in [0.1, 0.15) is 5.75 Å². The van der Waals surface area contributed by atoms with Crippen LogP contribution in [0.2, 0.25) is 5.02 Å². The first-order valence-electron chi connectivity index (χ1n) is 5.63. The molecule has 0 bridgehead atoms. The molecule has 1 N–H and O–H groups in total. The molecule has 0 amide bonds. The fraction of sp³-hybridized carbons (Fsp3) is 0.538. The molecule has 0 spiro atoms. The summed E-state index contributed by atoms with van der Waals surface area (Å²) in [5, 5.41) is 4.10. The minimum Gasteiger partial charge on any atom is -0.496 e. The van der Waals surface area contributed by atoms with Gasteiger partial charge in [-0.15, -0.1) is 0 Å². The molecule has 1 rings (SSSR count). The van der Waals surface area contributed by atoms with Crippen molar-refractivity contribution >= 4 is 23.4 Å². The lowest BCUT2D eigenvalue weighted by atomic mass is 9.95. The Kier molecular flexibility index (Phi) is 6.17. The first-order chi connectivity index (χ1) is 8.13. The normalized spacial score (nSPS) is 14.4. The van der Waals surface area contributed by atoms with Crippen LogP contribution >= 0.6 is 23.4 Å². The van der Waals surface area contributed by atoms with Gasteiger partial charge in [-0.1, -0.05) is 18.5 Å². The first kappa shape index (κ1) is 14.7. The van der Waals surface area contributed by atoms with Crippen LogP contribution in [-0.2, 0) is 0 Å². The summed E-state index contributed by atoms with van der Waals surface area (Å²) in [5.74, 6) is 2.50. The zero-order valence-electron chi connectivity index (χ0n) is 10.8. The summed E-state index contributed by atoms with van der Waals surface area (Å²) in [5.41, 5.74) is 1.13. The summed E-state index contributed by atoms with van der Waals surface area (Å²) in [6, 6.07) is 6.03. The minimum absolute atomic E-state index is 0.260. The Bertz CT molecular complexity index is 359. The summed E-state index contributed by atoms with van der Waals surface area (Å²) in [4.78, 5) is 0. The fourth-order valence-electron chi connectivity index (χ4n) is 2.05. The van der Waals surface area contributed by atoms with Crippen molar-refractivity contribution < 1.29 is 4.74 Å². The maximum Gasteiger partial charge on any atom is 0.123 e. The number of methoxy groups -OCH3 is 1. The average molecular weight is 274 g/mol. The van der Waals surface area contributed by atoms with E-state index >= 15 is 0 Å². The summed E-state index contributed by atoms with van der Waals surface area (Å²) in [6.07, 6.45) is 2.12. The lowest BCUT2D eigenvalue weighted by molar-refractivity contribution is 0.383. The van der Waals surface area contributed by atoms with Gasteiger partial charge in [0.25, 0.3) is 0 Å². The molecule has 0 aliphatic rings. The number of halogens is 1. The van der Waals surface area contributed by atoms with Crippen molar-refractivity contribution in [2.45, 2.75) is 13.0 Å². The maximum absolute atomic E-state index is 6.07. The van der Waals surface area contributed by atoms with Gasteiger partial charge in [-0.05, 0) is 43.2 Å². The molecule has 0 aliphatic heterocycles. The van der Waals surface area contributed by atoms with E-state index in [1.807, 2.05) is 37.0 Å². The second-order valence-corrected chi connectivity index (χ2v) is 5.43. The zero-order valence-corrected chi connectivity index (χ0v) is 12.4. The zero-order chi connectivity index (χ0) is 12.8. The SMILES string of the molecule is CNC(c1cc(Cl)ccc1OC)C(C)CSC. The van der Waals surface area contributed by atoms with Gasteiger partial charge in [-0.2, -0.15) is 11.8 Å². The van der Waals surface area contributed by atoms with Gasteiger partial charge < -0.3 is 10.1 Å². The van der Waals surface area contributed by atoms with E-state index in [2.05, 4.69) is 18.5 Å². The molecule has 4 heteroatoms. The average Bonchev–Trinajstić information content (AvgIpc) is 2.31. The number of thioether (sulfide) groups is 1. The number of hydrogen-bond donors (Lipinski definition) is 1. The van der Waals surface area contributed by atoms with Gasteiger partial charge in [0.05, 0.1) is 7.11 Å². The smallest absolute Gasteiger partial charge is 0.123 e. The Hall–Kier alpha value is -0.380. The highest BCUT2D eigenvalue weighted by Gasteiger charge is 2.20. The molecular formula is C13H20ClNOS. The van der Waals surface area contributed by atoms with E-state index in [1.165, 1.54) is 0 Å². The number of ether oxygens (including phenoxy) is 1. The standard InChI is InChI=1S/C13H20ClNOS/c1-9(8-17-4)13(15-2)11-7-10(14)5-6-12(11)16-3/h5-7,9,13,15H,8H2,1-4H3. The van der Waals surface area contributed by atoms with Crippen LogP contribution < -0.4 is 10.1 Å². The highest BCUT2D eigenvalue weighted by molar-refractivity contribution is 7.98. The molecule has 0 fully saturated rings. The van der Waals surface area contributed by atoms with E-state index in [-0.39, 0.29) is 6.04 Å². The summed E-state index contributed by atoms with van der Waals surface area (Å²) >= 11 is 7.92. The van der Waals surface area contributed by atoms with Crippen molar-refractivity contribution in [3.63, 3.8) is 0 Å². The highest BCUT2D eigenvalue weighted by atomic mass is 35.5. The van der Waals surface area contributed by atoms with Crippen molar-refractivity contribution in [2.24, 2.45) is 5.92 Å². The molecule has 2 nitrogen and oxygen atoms in total. The van der Waals surface area contributed by atoms with E-state index in [0.29, 0.717) is 5.92 Å². The van der Waals surface area contributed by atoms with Crippen LogP contribution in [0.5, 0.6) is 5.75 Å². The molecule has 17 heavy (non-hydrogen) atoms. The maximum atomic E-state index is 6.07. The predicted molar refractivity (Wildman–Crippen MR) is 77.4 cm³/mol. The third-order valence-corrected chi connectivity index (χ3v) is 3.93. The molecule has 0 radical (unpaired) electrons. The monoisotopic (exact) mass is 273 g/mol. The van der Waals surface area contributed by atoms with E-state index in [9.17, 15) is 0 Å². The van der Waals surface area contributed by atoms with E-state index in [4.69, 9.17) is 16.3 Å². The Morgan fingerprint density at radius 3 is 2.71 bits per heavy atom. The van der Waals surface area contributed by atoms with Gasteiger partial charge in [-0.25, -0.2) is 0 Å². The van der Waals surface area contributed by atoms with Gasteiger partial charge >= 0.3 is 0 Å². The predicted octanol–water partition coefficient (Wildman–Crippen LogP) is 3.61. The van der Waals surface area contributed by atoms with Crippen LogP contribution in [0.4, 0.5) is 0 Å². The number of rotatable bonds is 6. The lowest BCUT2D eigenvalue weighted by Gasteiger charge is -2.25. The number of benzene rings is 1. The van der Waals surface area contributed by atoms with Crippen LogP contribution in [0, 0.1) is 5.92 Å². The molecule has 96 valence electrons. The molecular weight excluding hydrogens is 254 g/mol. The number of nitrogens with one attached hydrogen (secondary N) is 1. The highest BCUT2D eigenvalue weighted by Crippen LogP contribution is 2.33. The van der Waals surface area contributed by atoms with E-state index < -0.39 is 0 Å². The third kappa shape index (κ3) is 3.80. The molecule has 1 aromatic rings. The molecule has 0 heterocycles. The molecule has 0 saturated carbocycles. The van der Waals surface area contributed by atoms with Crippen molar-refractivity contribution in [1.82, 2.24) is 5.32 Å². The van der Waals surface area contributed by atoms with Crippen LogP contribution in [0.3, 0.4) is 0 Å². The molecule has 2 atom stereocenters. The Balaban J connectivity index is 3.05. The van der Waals surface area contributed by atoms with Crippen LogP contribution in [0.15, 0.2) is 18.2 Å². The number of hydrogen-bond acceptors (Lipinski definition) is 3. The lowest BCUT2D eigenvalue weighted by Crippen LogP contribution is -2.25. The Labute approximate surface area is 113 Å². The molecule has 1 aromatic carbocycles. The van der Waals surface area contributed by atoms with Crippen LogP contribution in [-0.4, -0.2) is 26.2 Å². The quantitative estimate of drug-likeness (QED) is 0.856. The van der Waals surface area contributed by atoms with Gasteiger partial charge in [0, 0.05) is 16.6 Å². The van der Waals surface area contributed by atoms with Gasteiger partial charge in [0.2, 0.25) is 0 Å². The third-order valence-electron chi connectivity index (χ3n) is 2.84. The summed E-state index contributed by atoms with van der Waals surface area (Å²) < 4.78 is 5.41. The molecule has 2 unspecified atom stereocenters. The Morgan fingerprint density at radius 2 is 2.18 bits per heavy atom. The van der Waals surface area contributed by atoms with Gasteiger partial charge in [0.15, 0.2) is 0 Å². The first-order valence-corrected chi connectivity index (χ1v) is 7.40. The second-order valence-electron chi connectivity index (χ2n) is 4.09. The van der Waals surface area contributed by atoms with Gasteiger partial charge in [-0.3, -0.25) is 0 Å². The van der Waals surface area contributed by atoms with E-state index in [1.54, 1.807) is 7.11 Å². The Morgan fingerprint density at radius 1 is 1.47 bits per heavy atom. The topological polar surface area (TPSA) is 21.3 Å². The minimum atomic E-state index is 0.260. The van der Waals surface area contributed by atoms with Crippen molar-refractivity contribution in [3.8, 4) is 5.75 Å². The van der Waals surface area contributed by atoms with Crippen LogP contribution in [0.1, 0.15) is 18.5 Å². The molecule has 0 aliphatic carbocycles. The molecule has 0 saturated heterocycles. The summed E-state index contributed by atoms with van der Waals surface area (Å²) in [7, 11) is 3.67. The van der Waals surface area contributed by atoms with Crippen molar-refractivity contribution in [2.75, 3.05) is 26.2 Å². The summed E-state index contributed by atoms with van der Waals surface area (Å²) in [6.45, 7) is 2.23. The molecule has 0 aromatic heterocycles. The van der Waals surface area contributed by atoms with Crippen LogP contribution in [0.25, 0.3) is 0 Å². The largest absolute Gasteiger partial charge is 0.496 e. The fourth-order valence-corrected chi connectivity index (χ4v) is 2.95. The second kappa shape index (κ2) is 7.14.